The highest BCUT2D eigenvalue weighted by Gasteiger charge is 2.22. The molecular formula is C24H25FN8O2. The Bertz CT molecular complexity index is 1270. The van der Waals surface area contributed by atoms with Crippen LogP contribution in [0.25, 0.3) is 0 Å². The number of alkyl halides is 1. The fourth-order valence-electron chi connectivity index (χ4n) is 3.69. The Kier molecular flexibility index (Phi) is 6.84. The number of anilines is 3. The van der Waals surface area contributed by atoms with Crippen molar-refractivity contribution in [2.75, 3.05) is 23.3 Å². The second-order valence-electron chi connectivity index (χ2n) is 8.82. The number of nitrogens with zero attached hydrogens (tertiary/aromatic N) is 6. The second-order valence-corrected chi connectivity index (χ2v) is 8.82. The van der Waals surface area contributed by atoms with Crippen LogP contribution in [0.2, 0.25) is 0 Å². The first-order valence-corrected chi connectivity index (χ1v) is 11.0. The molecule has 1 amide bonds. The third-order valence-electron chi connectivity index (χ3n) is 5.55. The van der Waals surface area contributed by atoms with Gasteiger partial charge in [-0.25, -0.2) is 24.3 Å². The number of carbonyl (C=O) groups excluding carboxylic acids is 1. The first-order valence-electron chi connectivity index (χ1n) is 11.0. The molecule has 0 fully saturated rings. The predicted octanol–water partition coefficient (Wildman–Crippen LogP) is 2.41. The van der Waals surface area contributed by atoms with Crippen molar-refractivity contribution < 1.29 is 14.3 Å². The van der Waals surface area contributed by atoms with E-state index in [-0.39, 0.29) is 24.0 Å². The van der Waals surface area contributed by atoms with Gasteiger partial charge in [0, 0.05) is 42.3 Å². The van der Waals surface area contributed by atoms with Crippen LogP contribution < -0.4 is 15.5 Å². The summed E-state index contributed by atoms with van der Waals surface area (Å²) < 4.78 is 13.3. The van der Waals surface area contributed by atoms with Crippen molar-refractivity contribution in [3.63, 3.8) is 0 Å². The van der Waals surface area contributed by atoms with E-state index in [0.29, 0.717) is 36.5 Å². The fraction of sp³-hybridized carbons (Fsp3) is 0.333. The summed E-state index contributed by atoms with van der Waals surface area (Å²) >= 11 is 0. The molecule has 1 aromatic carbocycles. The summed E-state index contributed by atoms with van der Waals surface area (Å²) in [6, 6.07) is 7.17. The Labute approximate surface area is 201 Å². The second kappa shape index (κ2) is 9.99. The number of hydrogen-bond acceptors (Lipinski definition) is 9. The van der Waals surface area contributed by atoms with Gasteiger partial charge >= 0.3 is 0 Å². The number of amides is 1. The molecule has 3 heterocycles. The molecule has 10 nitrogen and oxygen atoms in total. The van der Waals surface area contributed by atoms with Crippen molar-refractivity contribution in [2.45, 2.75) is 39.1 Å². The lowest BCUT2D eigenvalue weighted by Gasteiger charge is -2.31. The molecule has 0 radical (unpaired) electrons. The molecule has 4 rings (SSSR count). The number of aliphatic hydroxyl groups is 1. The molecule has 1 aliphatic rings. The van der Waals surface area contributed by atoms with E-state index in [1.54, 1.807) is 26.0 Å². The molecule has 0 unspecified atom stereocenters. The highest BCUT2D eigenvalue weighted by molar-refractivity contribution is 5.93. The zero-order valence-corrected chi connectivity index (χ0v) is 19.4. The van der Waals surface area contributed by atoms with Crippen molar-refractivity contribution in [1.82, 2.24) is 25.3 Å². The van der Waals surface area contributed by atoms with Gasteiger partial charge < -0.3 is 20.6 Å². The predicted molar refractivity (Wildman–Crippen MR) is 127 cm³/mol. The molecule has 2 aromatic heterocycles. The van der Waals surface area contributed by atoms with Crippen LogP contribution in [0.3, 0.4) is 0 Å². The molecule has 1 aliphatic heterocycles. The van der Waals surface area contributed by atoms with Crippen LogP contribution in [0.15, 0.2) is 36.9 Å². The van der Waals surface area contributed by atoms with Gasteiger partial charge in [0.1, 0.15) is 18.8 Å². The van der Waals surface area contributed by atoms with Crippen LogP contribution in [-0.2, 0) is 19.6 Å². The van der Waals surface area contributed by atoms with E-state index < -0.39 is 12.3 Å². The summed E-state index contributed by atoms with van der Waals surface area (Å²) in [5.74, 6) is 0.488. The highest BCUT2D eigenvalue weighted by atomic mass is 19.1. The molecule has 0 aliphatic carbocycles. The van der Waals surface area contributed by atoms with E-state index in [9.17, 15) is 14.3 Å². The zero-order chi connectivity index (χ0) is 25.0. The number of nitrogens with one attached hydrogen (secondary N) is 2. The number of aromatic nitrogens is 4. The Morgan fingerprint density at radius 2 is 2.03 bits per heavy atom. The summed E-state index contributed by atoms with van der Waals surface area (Å²) in [6.07, 6.45) is 4.89. The summed E-state index contributed by atoms with van der Waals surface area (Å²) in [6.45, 7) is 3.78. The monoisotopic (exact) mass is 476 g/mol. The first-order chi connectivity index (χ1) is 16.8. The largest absolute Gasteiger partial charge is 0.389 e. The molecule has 0 bridgehead atoms. The van der Waals surface area contributed by atoms with E-state index in [1.807, 2.05) is 12.1 Å². The number of halogens is 1. The molecule has 0 spiro atoms. The third kappa shape index (κ3) is 5.67. The maximum absolute atomic E-state index is 13.3. The van der Waals surface area contributed by atoms with Gasteiger partial charge in [0.2, 0.25) is 5.95 Å². The Hall–Kier alpha value is -4.17. The molecule has 3 aromatic rings. The van der Waals surface area contributed by atoms with Gasteiger partial charge in [-0.15, -0.1) is 0 Å². The average Bonchev–Trinajstić information content (AvgIpc) is 2.86. The van der Waals surface area contributed by atoms with Gasteiger partial charge in [0.05, 0.1) is 35.0 Å². The van der Waals surface area contributed by atoms with E-state index in [1.165, 1.54) is 18.7 Å². The molecule has 0 atom stereocenters. The van der Waals surface area contributed by atoms with E-state index in [0.717, 1.165) is 16.9 Å². The van der Waals surface area contributed by atoms with Gasteiger partial charge in [0.25, 0.3) is 5.91 Å². The highest BCUT2D eigenvalue weighted by Crippen LogP contribution is 2.29. The number of benzene rings is 1. The van der Waals surface area contributed by atoms with Crippen LogP contribution in [0, 0.1) is 11.3 Å². The maximum Gasteiger partial charge on any atom is 0.254 e. The molecule has 0 saturated heterocycles. The molecule has 0 saturated carbocycles. The number of nitriles is 1. The standard InChI is InChI=1S/C24H25FN8O2/c1-24(2,35)13-29-22(34)17-10-27-23(28-11-17)32-21-19-5-6-33(12-20(19)30-14-31-21)18-4-3-15(9-26)16(7-18)8-25/h3-4,7,10-11,14,35H,5-6,8,12-13H2,1-2H3,(H,29,34)(H,27,28,30,31,32). The van der Waals surface area contributed by atoms with Gasteiger partial charge in [-0.2, -0.15) is 5.26 Å². The normalized spacial score (nSPS) is 13.1. The Morgan fingerprint density at radius 3 is 2.71 bits per heavy atom. The Morgan fingerprint density at radius 1 is 1.26 bits per heavy atom. The first kappa shape index (κ1) is 24.0. The summed E-state index contributed by atoms with van der Waals surface area (Å²) in [7, 11) is 0. The number of fused-ring (bicyclic) bond motifs is 1. The SMILES string of the molecule is CC(C)(O)CNC(=O)c1cnc(Nc2ncnc3c2CCN(c2ccc(C#N)c(CF)c2)C3)nc1. The van der Waals surface area contributed by atoms with Gasteiger partial charge in [-0.3, -0.25) is 4.79 Å². The lowest BCUT2D eigenvalue weighted by Crippen LogP contribution is -2.38. The van der Waals surface area contributed by atoms with E-state index >= 15 is 0 Å². The lowest BCUT2D eigenvalue weighted by molar-refractivity contribution is 0.0694. The minimum atomic E-state index is -1.02. The smallest absolute Gasteiger partial charge is 0.254 e. The number of rotatable bonds is 7. The molecule has 11 heteroatoms. The van der Waals surface area contributed by atoms with E-state index in [4.69, 9.17) is 5.26 Å². The van der Waals surface area contributed by atoms with Crippen molar-refractivity contribution in [3.8, 4) is 6.07 Å². The average molecular weight is 477 g/mol. The van der Waals surface area contributed by atoms with E-state index in [2.05, 4.69) is 35.5 Å². The topological polar surface area (TPSA) is 140 Å². The minimum Gasteiger partial charge on any atom is -0.389 e. The third-order valence-corrected chi connectivity index (χ3v) is 5.55. The summed E-state index contributed by atoms with van der Waals surface area (Å²) in [5, 5.41) is 24.6. The number of hydrogen-bond donors (Lipinski definition) is 3. The van der Waals surface area contributed by atoms with Gasteiger partial charge in [0.15, 0.2) is 0 Å². The van der Waals surface area contributed by atoms with Crippen molar-refractivity contribution in [2.24, 2.45) is 0 Å². The minimum absolute atomic E-state index is 0.105. The number of carbonyl (C=O) groups is 1. The van der Waals surface area contributed by atoms with Crippen molar-refractivity contribution >= 4 is 23.4 Å². The summed E-state index contributed by atoms with van der Waals surface area (Å²) in [4.78, 5) is 31.4. The van der Waals surface area contributed by atoms with Crippen molar-refractivity contribution in [3.05, 3.63) is 64.9 Å². The molecule has 180 valence electrons. The van der Waals surface area contributed by atoms with Crippen LogP contribution in [0.4, 0.5) is 21.8 Å². The maximum atomic E-state index is 13.3. The summed E-state index contributed by atoms with van der Waals surface area (Å²) in [5.41, 5.74) is 2.54. The lowest BCUT2D eigenvalue weighted by atomic mass is 10.0. The molecule has 35 heavy (non-hydrogen) atoms. The molecule has 3 N–H and O–H groups in total. The molecular weight excluding hydrogens is 451 g/mol. The zero-order valence-electron chi connectivity index (χ0n) is 19.4. The van der Waals surface area contributed by atoms with Crippen molar-refractivity contribution in [1.29, 1.82) is 5.26 Å². The Balaban J connectivity index is 1.46. The quantitative estimate of drug-likeness (QED) is 0.469. The van der Waals surface area contributed by atoms with Gasteiger partial charge in [-0.1, -0.05) is 0 Å². The van der Waals surface area contributed by atoms with Crippen LogP contribution in [0.5, 0.6) is 0 Å². The van der Waals surface area contributed by atoms with Gasteiger partial charge in [-0.05, 0) is 38.5 Å². The fourth-order valence-corrected chi connectivity index (χ4v) is 3.69. The van der Waals surface area contributed by atoms with Crippen LogP contribution in [0.1, 0.15) is 46.6 Å². The van der Waals surface area contributed by atoms with Crippen LogP contribution >= 0.6 is 0 Å². The van der Waals surface area contributed by atoms with Crippen LogP contribution in [-0.4, -0.2) is 49.6 Å².